The highest BCUT2D eigenvalue weighted by molar-refractivity contribution is 5.81. The van der Waals surface area contributed by atoms with E-state index in [1.54, 1.807) is 4.68 Å². The van der Waals surface area contributed by atoms with Crippen molar-refractivity contribution in [1.82, 2.24) is 24.5 Å². The molecule has 6 nitrogen and oxygen atoms in total. The quantitative estimate of drug-likeness (QED) is 0.760. The van der Waals surface area contributed by atoms with Gasteiger partial charge in [-0.15, -0.1) is 0 Å². The summed E-state index contributed by atoms with van der Waals surface area (Å²) in [5, 5.41) is 10.0. The van der Waals surface area contributed by atoms with Gasteiger partial charge in [-0.2, -0.15) is 10.2 Å². The lowest BCUT2D eigenvalue weighted by Gasteiger charge is -2.02. The third-order valence-corrected chi connectivity index (χ3v) is 3.21. The molecule has 0 bridgehead atoms. The molecule has 19 heavy (non-hydrogen) atoms. The number of hydrogen-bond acceptors (Lipinski definition) is 4. The number of fused-ring (bicyclic) bond motifs is 1. The number of nitrogens with two attached hydrogens (primary N) is 1. The summed E-state index contributed by atoms with van der Waals surface area (Å²) in [7, 11) is 0. The first-order valence-electron chi connectivity index (χ1n) is 6.34. The van der Waals surface area contributed by atoms with Crippen LogP contribution in [-0.4, -0.2) is 24.5 Å². The molecule has 0 aliphatic carbocycles. The van der Waals surface area contributed by atoms with Gasteiger partial charge in [-0.05, 0) is 13.0 Å². The van der Waals surface area contributed by atoms with Gasteiger partial charge in [0.05, 0.1) is 24.3 Å². The van der Waals surface area contributed by atoms with E-state index in [4.69, 9.17) is 5.73 Å². The van der Waals surface area contributed by atoms with Gasteiger partial charge >= 0.3 is 0 Å². The van der Waals surface area contributed by atoms with E-state index in [2.05, 4.69) is 34.2 Å². The number of rotatable bonds is 4. The fraction of sp³-hybridized carbons (Fsp3) is 0.308. The van der Waals surface area contributed by atoms with Crippen LogP contribution in [-0.2, 0) is 19.6 Å². The van der Waals surface area contributed by atoms with Crippen molar-refractivity contribution >= 4 is 10.9 Å². The first-order valence-corrected chi connectivity index (χ1v) is 6.34. The van der Waals surface area contributed by atoms with E-state index in [-0.39, 0.29) is 0 Å². The van der Waals surface area contributed by atoms with Crippen LogP contribution in [0.3, 0.4) is 0 Å². The van der Waals surface area contributed by atoms with Crippen LogP contribution in [0, 0.1) is 0 Å². The van der Waals surface area contributed by atoms with Gasteiger partial charge in [-0.3, -0.25) is 4.68 Å². The standard InChI is InChI=1S/C13H16N6/c1-2-18-12-6-4-3-5-10(12)11(17-18)8-19-13(7-14)15-9-16-19/h3-6,9H,2,7-8,14H2,1H3. The molecule has 0 radical (unpaired) electrons. The van der Waals surface area contributed by atoms with Gasteiger partial charge in [0.15, 0.2) is 0 Å². The van der Waals surface area contributed by atoms with Gasteiger partial charge in [0.1, 0.15) is 12.2 Å². The molecule has 2 N–H and O–H groups in total. The molecule has 0 aliphatic heterocycles. The second kappa shape index (κ2) is 4.81. The van der Waals surface area contributed by atoms with Crippen molar-refractivity contribution in [2.75, 3.05) is 0 Å². The Hall–Kier alpha value is -2.21. The van der Waals surface area contributed by atoms with E-state index >= 15 is 0 Å². The molecule has 6 heteroatoms. The van der Waals surface area contributed by atoms with Crippen molar-refractivity contribution < 1.29 is 0 Å². The summed E-state index contributed by atoms with van der Waals surface area (Å²) >= 11 is 0. The van der Waals surface area contributed by atoms with Crippen LogP contribution in [0.15, 0.2) is 30.6 Å². The molecular formula is C13H16N6. The van der Waals surface area contributed by atoms with Crippen molar-refractivity contribution in [3.8, 4) is 0 Å². The zero-order chi connectivity index (χ0) is 13.2. The molecule has 0 fully saturated rings. The van der Waals surface area contributed by atoms with Crippen molar-refractivity contribution in [1.29, 1.82) is 0 Å². The van der Waals surface area contributed by atoms with Crippen LogP contribution < -0.4 is 5.73 Å². The van der Waals surface area contributed by atoms with Crippen molar-refractivity contribution in [2.45, 2.75) is 26.6 Å². The van der Waals surface area contributed by atoms with Crippen LogP contribution in [0.5, 0.6) is 0 Å². The maximum absolute atomic E-state index is 5.64. The zero-order valence-corrected chi connectivity index (χ0v) is 10.8. The largest absolute Gasteiger partial charge is 0.324 e. The molecule has 0 saturated carbocycles. The Labute approximate surface area is 110 Å². The molecule has 0 saturated heterocycles. The summed E-state index contributed by atoms with van der Waals surface area (Å²) in [6.45, 7) is 3.91. The minimum atomic E-state index is 0.381. The average Bonchev–Trinajstić information content (AvgIpc) is 3.04. The number of aromatic nitrogens is 5. The average molecular weight is 256 g/mol. The fourth-order valence-electron chi connectivity index (χ4n) is 2.27. The number of benzene rings is 1. The topological polar surface area (TPSA) is 74.5 Å². The molecule has 2 aromatic heterocycles. The van der Waals surface area contributed by atoms with Crippen LogP contribution in [0.1, 0.15) is 18.4 Å². The molecule has 3 rings (SSSR count). The van der Waals surface area contributed by atoms with Gasteiger partial charge in [0, 0.05) is 11.9 Å². The van der Waals surface area contributed by atoms with Crippen LogP contribution >= 0.6 is 0 Å². The van der Waals surface area contributed by atoms with Gasteiger partial charge in [-0.25, -0.2) is 9.67 Å². The maximum Gasteiger partial charge on any atom is 0.141 e. The minimum absolute atomic E-state index is 0.381. The SMILES string of the molecule is CCn1nc(Cn2ncnc2CN)c2ccccc21. The first-order chi connectivity index (χ1) is 9.33. The van der Waals surface area contributed by atoms with E-state index in [0.717, 1.165) is 29.0 Å². The minimum Gasteiger partial charge on any atom is -0.324 e. The van der Waals surface area contributed by atoms with Crippen molar-refractivity contribution in [2.24, 2.45) is 5.73 Å². The lowest BCUT2D eigenvalue weighted by molar-refractivity contribution is 0.604. The Kier molecular flexibility index (Phi) is 3.00. The normalized spacial score (nSPS) is 11.3. The van der Waals surface area contributed by atoms with E-state index in [0.29, 0.717) is 13.1 Å². The van der Waals surface area contributed by atoms with Crippen molar-refractivity contribution in [3.05, 3.63) is 42.1 Å². The molecule has 2 heterocycles. The Bertz CT molecular complexity index is 696. The summed E-state index contributed by atoms with van der Waals surface area (Å²) < 4.78 is 3.80. The Morgan fingerprint density at radius 1 is 1.21 bits per heavy atom. The van der Waals surface area contributed by atoms with E-state index in [1.165, 1.54) is 6.33 Å². The molecule has 0 unspecified atom stereocenters. The Morgan fingerprint density at radius 2 is 2.05 bits per heavy atom. The third kappa shape index (κ3) is 2.00. The number of para-hydroxylation sites is 1. The molecule has 98 valence electrons. The van der Waals surface area contributed by atoms with E-state index < -0.39 is 0 Å². The van der Waals surface area contributed by atoms with Crippen molar-refractivity contribution in [3.63, 3.8) is 0 Å². The van der Waals surface area contributed by atoms with E-state index in [1.807, 2.05) is 16.8 Å². The molecule has 0 atom stereocenters. The van der Waals surface area contributed by atoms with E-state index in [9.17, 15) is 0 Å². The third-order valence-electron chi connectivity index (χ3n) is 3.21. The first kappa shape index (κ1) is 11.9. The van der Waals surface area contributed by atoms with Crippen LogP contribution in [0.4, 0.5) is 0 Å². The zero-order valence-electron chi connectivity index (χ0n) is 10.8. The number of nitrogens with zero attached hydrogens (tertiary/aromatic N) is 5. The van der Waals surface area contributed by atoms with Crippen LogP contribution in [0.25, 0.3) is 10.9 Å². The predicted molar refractivity (Wildman–Crippen MR) is 72.4 cm³/mol. The lowest BCUT2D eigenvalue weighted by Crippen LogP contribution is -2.11. The van der Waals surface area contributed by atoms with Gasteiger partial charge < -0.3 is 5.73 Å². The summed E-state index contributed by atoms with van der Waals surface area (Å²) in [6.07, 6.45) is 1.53. The summed E-state index contributed by atoms with van der Waals surface area (Å²) in [5.74, 6) is 0.773. The Morgan fingerprint density at radius 3 is 2.84 bits per heavy atom. The Balaban J connectivity index is 2.06. The fourth-order valence-corrected chi connectivity index (χ4v) is 2.27. The highest BCUT2D eigenvalue weighted by Crippen LogP contribution is 2.19. The number of hydrogen-bond donors (Lipinski definition) is 1. The monoisotopic (exact) mass is 256 g/mol. The molecule has 1 aromatic carbocycles. The predicted octanol–water partition coefficient (Wildman–Crippen LogP) is 1.15. The highest BCUT2D eigenvalue weighted by Gasteiger charge is 2.11. The smallest absolute Gasteiger partial charge is 0.141 e. The van der Waals surface area contributed by atoms with Gasteiger partial charge in [0.2, 0.25) is 0 Å². The summed E-state index contributed by atoms with van der Waals surface area (Å²) in [5.41, 5.74) is 7.79. The highest BCUT2D eigenvalue weighted by atomic mass is 15.4. The summed E-state index contributed by atoms with van der Waals surface area (Å²) in [4.78, 5) is 4.13. The maximum atomic E-state index is 5.64. The lowest BCUT2D eigenvalue weighted by atomic mass is 10.2. The van der Waals surface area contributed by atoms with Gasteiger partial charge in [0.25, 0.3) is 0 Å². The molecule has 3 aromatic rings. The second-order valence-electron chi connectivity index (χ2n) is 4.32. The van der Waals surface area contributed by atoms with Crippen LogP contribution in [0.2, 0.25) is 0 Å². The molecular weight excluding hydrogens is 240 g/mol. The number of aryl methyl sites for hydroxylation is 1. The second-order valence-corrected chi connectivity index (χ2v) is 4.32. The molecule has 0 aliphatic rings. The molecule has 0 amide bonds. The summed E-state index contributed by atoms with van der Waals surface area (Å²) in [6, 6.07) is 8.23. The van der Waals surface area contributed by atoms with Gasteiger partial charge in [-0.1, -0.05) is 18.2 Å². The molecule has 0 spiro atoms.